The molecule has 31 heavy (non-hydrogen) atoms. The zero-order valence-electron chi connectivity index (χ0n) is 17.8. The number of allylic oxidation sites excluding steroid dienone is 1. The first-order valence-electron chi connectivity index (χ1n) is 10.7. The maximum atomic E-state index is 14.4. The first-order chi connectivity index (χ1) is 14.9. The minimum absolute atomic E-state index is 0.0824. The second kappa shape index (κ2) is 9.51. The van der Waals surface area contributed by atoms with Gasteiger partial charge in [-0.2, -0.15) is 0 Å². The van der Waals surface area contributed by atoms with Gasteiger partial charge in [0, 0.05) is 23.8 Å². The van der Waals surface area contributed by atoms with Gasteiger partial charge >= 0.3 is 0 Å². The van der Waals surface area contributed by atoms with Crippen LogP contribution in [0.3, 0.4) is 0 Å². The summed E-state index contributed by atoms with van der Waals surface area (Å²) < 4.78 is 28.7. The first kappa shape index (κ1) is 22.0. The first-order valence-corrected chi connectivity index (χ1v) is 11.1. The molecule has 0 aliphatic carbocycles. The maximum absolute atomic E-state index is 14.4. The highest BCUT2D eigenvalue weighted by Gasteiger charge is 2.27. The number of hydrogen-bond donors (Lipinski definition) is 3. The van der Waals surface area contributed by atoms with E-state index in [4.69, 9.17) is 11.6 Å². The number of nitrogens with zero attached hydrogens (tertiary/aromatic N) is 2. The molecule has 0 amide bonds. The number of aromatic nitrogens is 1. The summed E-state index contributed by atoms with van der Waals surface area (Å²) in [5.74, 6) is 0.363. The van der Waals surface area contributed by atoms with Crippen LogP contribution >= 0.6 is 11.6 Å². The van der Waals surface area contributed by atoms with Crippen molar-refractivity contribution in [1.29, 1.82) is 0 Å². The summed E-state index contributed by atoms with van der Waals surface area (Å²) >= 11 is 5.92. The number of hydrogen-bond acceptors (Lipinski definition) is 5. The molecular weight excluding hydrogens is 420 g/mol. The van der Waals surface area contributed by atoms with Crippen molar-refractivity contribution >= 4 is 17.4 Å². The van der Waals surface area contributed by atoms with E-state index in [1.54, 1.807) is 24.3 Å². The minimum Gasteiger partial charge on any atom is -0.350 e. The molecule has 1 aromatic heterocycles. The van der Waals surface area contributed by atoms with Gasteiger partial charge in [0.1, 0.15) is 23.6 Å². The number of nitrogens with one attached hydrogen (secondary N) is 3. The van der Waals surface area contributed by atoms with E-state index in [-0.39, 0.29) is 28.9 Å². The summed E-state index contributed by atoms with van der Waals surface area (Å²) in [5.41, 5.74) is 8.24. The Morgan fingerprint density at radius 3 is 2.84 bits per heavy atom. The van der Waals surface area contributed by atoms with E-state index in [9.17, 15) is 8.78 Å². The predicted molar refractivity (Wildman–Crippen MR) is 119 cm³/mol. The van der Waals surface area contributed by atoms with Crippen molar-refractivity contribution in [3.63, 3.8) is 0 Å². The van der Waals surface area contributed by atoms with E-state index in [1.807, 2.05) is 13.0 Å². The van der Waals surface area contributed by atoms with Crippen molar-refractivity contribution in [2.24, 2.45) is 5.92 Å². The van der Waals surface area contributed by atoms with E-state index in [2.05, 4.69) is 33.0 Å². The van der Waals surface area contributed by atoms with Gasteiger partial charge in [0.05, 0.1) is 10.7 Å². The summed E-state index contributed by atoms with van der Waals surface area (Å²) in [6.07, 6.45) is 4.35. The van der Waals surface area contributed by atoms with Crippen molar-refractivity contribution in [3.05, 3.63) is 70.0 Å². The van der Waals surface area contributed by atoms with Crippen LogP contribution in [0.2, 0.25) is 5.02 Å². The molecule has 0 bridgehead atoms. The van der Waals surface area contributed by atoms with Gasteiger partial charge < -0.3 is 10.7 Å². The predicted octanol–water partition coefficient (Wildman–Crippen LogP) is 4.61. The zero-order valence-corrected chi connectivity index (χ0v) is 18.5. The average Bonchev–Trinajstić information content (AvgIpc) is 3.14. The van der Waals surface area contributed by atoms with E-state index < -0.39 is 0 Å². The molecule has 2 aromatic rings. The minimum atomic E-state index is -0.342. The van der Waals surface area contributed by atoms with E-state index in [1.165, 1.54) is 6.07 Å². The lowest BCUT2D eigenvalue weighted by atomic mass is 9.87. The molecule has 0 saturated carbocycles. The molecule has 1 unspecified atom stereocenters. The Balaban J connectivity index is 1.36. The fraction of sp³-hybridized carbons (Fsp3) is 0.435. The summed E-state index contributed by atoms with van der Waals surface area (Å²) in [7, 11) is 0. The fourth-order valence-electron chi connectivity index (χ4n) is 4.37. The SMILES string of the molecule is CC1=CC(Nc2ccc(F)c(C[C@H]3CCN(Cc4cccc(Cl)c4F)[C@H](C)C3)n2)NN1. The molecule has 2 aliphatic heterocycles. The molecule has 5 nitrogen and oxygen atoms in total. The molecule has 1 fully saturated rings. The van der Waals surface area contributed by atoms with Crippen LogP contribution in [0, 0.1) is 17.6 Å². The number of anilines is 1. The van der Waals surface area contributed by atoms with E-state index in [0.29, 0.717) is 36.0 Å². The van der Waals surface area contributed by atoms with Gasteiger partial charge in [0.2, 0.25) is 0 Å². The third kappa shape index (κ3) is 5.34. The zero-order chi connectivity index (χ0) is 22.0. The lowest BCUT2D eigenvalue weighted by Crippen LogP contribution is -2.41. The molecule has 8 heteroatoms. The largest absolute Gasteiger partial charge is 0.350 e. The highest BCUT2D eigenvalue weighted by molar-refractivity contribution is 6.30. The summed E-state index contributed by atoms with van der Waals surface area (Å²) in [6.45, 7) is 5.47. The molecular formula is C23H28ClF2N5. The second-order valence-electron chi connectivity index (χ2n) is 8.49. The Hall–Kier alpha value is -2.22. The number of rotatable bonds is 6. The van der Waals surface area contributed by atoms with E-state index in [0.717, 1.165) is 25.1 Å². The van der Waals surface area contributed by atoms with Gasteiger partial charge in [-0.1, -0.05) is 23.7 Å². The molecule has 3 heterocycles. The van der Waals surface area contributed by atoms with Gasteiger partial charge in [0.25, 0.3) is 0 Å². The Morgan fingerprint density at radius 1 is 1.26 bits per heavy atom. The molecule has 166 valence electrons. The van der Waals surface area contributed by atoms with Crippen LogP contribution in [0.25, 0.3) is 0 Å². The summed E-state index contributed by atoms with van der Waals surface area (Å²) in [5, 5.41) is 3.40. The van der Waals surface area contributed by atoms with Gasteiger partial charge in [-0.25, -0.2) is 19.2 Å². The van der Waals surface area contributed by atoms with Crippen LogP contribution in [0.5, 0.6) is 0 Å². The second-order valence-corrected chi connectivity index (χ2v) is 8.90. The Kier molecular flexibility index (Phi) is 6.74. The highest BCUT2D eigenvalue weighted by atomic mass is 35.5. The van der Waals surface area contributed by atoms with E-state index >= 15 is 0 Å². The monoisotopic (exact) mass is 447 g/mol. The summed E-state index contributed by atoms with van der Waals surface area (Å²) in [6, 6.07) is 8.53. The number of piperidine rings is 1. The average molecular weight is 448 g/mol. The third-order valence-corrected chi connectivity index (χ3v) is 6.36. The maximum Gasteiger partial charge on any atom is 0.146 e. The molecule has 1 aromatic carbocycles. The standard InChI is InChI=1S/C23H28ClF2N5/c1-14-10-22(30-29-14)28-21-7-6-19(25)20(27-21)12-16-8-9-31(15(2)11-16)13-17-4-3-5-18(24)23(17)26/h3-7,10,15-16,22,29-30H,8-9,11-13H2,1-2H3,(H,27,28)/t15-,16+,22?/m1/s1. The molecule has 3 atom stereocenters. The van der Waals surface area contributed by atoms with Crippen molar-refractivity contribution in [1.82, 2.24) is 20.7 Å². The van der Waals surface area contributed by atoms with Crippen LogP contribution < -0.4 is 16.2 Å². The number of likely N-dealkylation sites (tertiary alicyclic amines) is 1. The van der Waals surface area contributed by atoms with Crippen LogP contribution in [0.4, 0.5) is 14.6 Å². The van der Waals surface area contributed by atoms with Crippen molar-refractivity contribution in [2.75, 3.05) is 11.9 Å². The van der Waals surface area contributed by atoms with Gasteiger partial charge in [0.15, 0.2) is 0 Å². The lowest BCUT2D eigenvalue weighted by molar-refractivity contribution is 0.113. The number of benzene rings is 1. The lowest BCUT2D eigenvalue weighted by Gasteiger charge is -2.37. The van der Waals surface area contributed by atoms with Gasteiger partial charge in [-0.15, -0.1) is 0 Å². The van der Waals surface area contributed by atoms with Crippen LogP contribution in [0.1, 0.15) is 37.9 Å². The topological polar surface area (TPSA) is 52.2 Å². The van der Waals surface area contributed by atoms with Crippen molar-refractivity contribution in [3.8, 4) is 0 Å². The molecule has 2 aliphatic rings. The molecule has 0 radical (unpaired) electrons. The molecule has 1 saturated heterocycles. The van der Waals surface area contributed by atoms with Gasteiger partial charge in [-0.05, 0) is 69.8 Å². The fourth-order valence-corrected chi connectivity index (χ4v) is 4.57. The number of halogens is 3. The molecule has 3 N–H and O–H groups in total. The van der Waals surface area contributed by atoms with Crippen LogP contribution in [0.15, 0.2) is 42.1 Å². The Labute approximate surface area is 186 Å². The Bertz CT molecular complexity index is 967. The smallest absolute Gasteiger partial charge is 0.146 e. The highest BCUT2D eigenvalue weighted by Crippen LogP contribution is 2.29. The van der Waals surface area contributed by atoms with Gasteiger partial charge in [-0.3, -0.25) is 4.90 Å². The van der Waals surface area contributed by atoms with Crippen molar-refractivity contribution in [2.45, 2.75) is 51.9 Å². The quantitative estimate of drug-likeness (QED) is 0.604. The molecule has 4 rings (SSSR count). The normalized spacial score (nSPS) is 24.0. The number of hydrazine groups is 1. The number of pyridine rings is 1. The van der Waals surface area contributed by atoms with Crippen LogP contribution in [-0.4, -0.2) is 28.6 Å². The molecule has 0 spiro atoms. The summed E-state index contributed by atoms with van der Waals surface area (Å²) in [4.78, 5) is 6.79. The van der Waals surface area contributed by atoms with Crippen LogP contribution in [-0.2, 0) is 13.0 Å². The van der Waals surface area contributed by atoms with Crippen molar-refractivity contribution < 1.29 is 8.78 Å². The third-order valence-electron chi connectivity index (χ3n) is 6.07. The Morgan fingerprint density at radius 2 is 2.10 bits per heavy atom.